The lowest BCUT2D eigenvalue weighted by Gasteiger charge is -2.08. The number of hydrogen-bond donors (Lipinski definition) is 2. The molecule has 1 aromatic heterocycles. The van der Waals surface area contributed by atoms with Crippen molar-refractivity contribution < 1.29 is 0 Å². The Morgan fingerprint density at radius 1 is 1.47 bits per heavy atom. The van der Waals surface area contributed by atoms with E-state index in [2.05, 4.69) is 10.3 Å². The third-order valence-electron chi connectivity index (χ3n) is 2.84. The Balaban J connectivity index is 1.98. The number of aromatic nitrogens is 2. The fourth-order valence-corrected chi connectivity index (χ4v) is 1.90. The zero-order valence-corrected chi connectivity index (χ0v) is 8.53. The number of H-pyrrole nitrogens is 1. The van der Waals surface area contributed by atoms with Crippen molar-refractivity contribution in [1.82, 2.24) is 14.9 Å². The van der Waals surface area contributed by atoms with Crippen molar-refractivity contribution in [2.24, 2.45) is 5.92 Å². The van der Waals surface area contributed by atoms with Gasteiger partial charge in [-0.05, 0) is 31.8 Å². The minimum absolute atomic E-state index is 0.312. The summed E-state index contributed by atoms with van der Waals surface area (Å²) in [6.45, 7) is 2.80. The molecule has 0 saturated carbocycles. The molecule has 5 heteroatoms. The summed E-state index contributed by atoms with van der Waals surface area (Å²) in [4.78, 5) is 24.4. The first-order valence-electron chi connectivity index (χ1n) is 5.26. The van der Waals surface area contributed by atoms with Crippen molar-refractivity contribution in [3.63, 3.8) is 0 Å². The first-order valence-corrected chi connectivity index (χ1v) is 5.26. The van der Waals surface area contributed by atoms with Gasteiger partial charge in [0, 0.05) is 18.8 Å². The quantitative estimate of drug-likeness (QED) is 0.707. The molecule has 1 saturated heterocycles. The molecule has 0 aliphatic carbocycles. The van der Waals surface area contributed by atoms with Gasteiger partial charge in [0.15, 0.2) is 0 Å². The van der Waals surface area contributed by atoms with Crippen LogP contribution in [0.4, 0.5) is 0 Å². The van der Waals surface area contributed by atoms with Crippen LogP contribution in [0.15, 0.2) is 21.9 Å². The highest BCUT2D eigenvalue weighted by atomic mass is 16.2. The van der Waals surface area contributed by atoms with E-state index in [1.165, 1.54) is 12.5 Å². The van der Waals surface area contributed by atoms with E-state index in [9.17, 15) is 9.59 Å². The maximum atomic E-state index is 11.3. The van der Waals surface area contributed by atoms with Crippen LogP contribution in [0.1, 0.15) is 12.8 Å². The normalized spacial score (nSPS) is 20.7. The highest BCUT2D eigenvalue weighted by Gasteiger charge is 2.13. The molecule has 0 amide bonds. The highest BCUT2D eigenvalue weighted by molar-refractivity contribution is 4.83. The second kappa shape index (κ2) is 4.44. The smallest absolute Gasteiger partial charge is 0.316 e. The molecule has 82 valence electrons. The first-order chi connectivity index (χ1) is 7.25. The summed E-state index contributed by atoms with van der Waals surface area (Å²) in [5.74, 6) is 0.656. The standard InChI is InChI=1S/C10H15N3O2/c14-9-3-6-13(10(15)12-9)5-2-8-1-4-11-7-8/h3,6,8,11H,1-2,4-5,7H2,(H,12,14,15). The van der Waals surface area contributed by atoms with E-state index in [1.807, 2.05) is 0 Å². The average molecular weight is 209 g/mol. The van der Waals surface area contributed by atoms with Gasteiger partial charge in [-0.25, -0.2) is 4.79 Å². The third-order valence-corrected chi connectivity index (χ3v) is 2.84. The number of hydrogen-bond acceptors (Lipinski definition) is 3. The lowest BCUT2D eigenvalue weighted by atomic mass is 10.1. The molecular formula is C10H15N3O2. The molecular weight excluding hydrogens is 194 g/mol. The molecule has 5 nitrogen and oxygen atoms in total. The van der Waals surface area contributed by atoms with Gasteiger partial charge in [-0.15, -0.1) is 0 Å². The van der Waals surface area contributed by atoms with Crippen LogP contribution in [0.2, 0.25) is 0 Å². The van der Waals surface area contributed by atoms with Gasteiger partial charge in [0.05, 0.1) is 0 Å². The van der Waals surface area contributed by atoms with Crippen molar-refractivity contribution in [2.45, 2.75) is 19.4 Å². The maximum Gasteiger partial charge on any atom is 0.328 e. The number of rotatable bonds is 3. The largest absolute Gasteiger partial charge is 0.328 e. The number of aromatic amines is 1. The predicted octanol–water partition coefficient (Wildman–Crippen LogP) is -0.464. The van der Waals surface area contributed by atoms with Gasteiger partial charge in [0.1, 0.15) is 0 Å². The summed E-state index contributed by atoms with van der Waals surface area (Å²) >= 11 is 0. The van der Waals surface area contributed by atoms with Crippen LogP contribution in [0.25, 0.3) is 0 Å². The van der Waals surface area contributed by atoms with Crippen molar-refractivity contribution in [3.05, 3.63) is 33.1 Å². The van der Waals surface area contributed by atoms with Gasteiger partial charge in [0.25, 0.3) is 5.56 Å². The Kier molecular flexibility index (Phi) is 3.01. The van der Waals surface area contributed by atoms with Gasteiger partial charge in [-0.3, -0.25) is 9.78 Å². The fraction of sp³-hybridized carbons (Fsp3) is 0.600. The summed E-state index contributed by atoms with van der Waals surface area (Å²) < 4.78 is 1.56. The topological polar surface area (TPSA) is 66.9 Å². The monoisotopic (exact) mass is 209 g/mol. The van der Waals surface area contributed by atoms with Crippen molar-refractivity contribution in [2.75, 3.05) is 13.1 Å². The van der Waals surface area contributed by atoms with E-state index in [1.54, 1.807) is 10.8 Å². The summed E-state index contributed by atoms with van der Waals surface area (Å²) in [7, 11) is 0. The van der Waals surface area contributed by atoms with Crippen LogP contribution < -0.4 is 16.6 Å². The van der Waals surface area contributed by atoms with E-state index in [4.69, 9.17) is 0 Å². The zero-order valence-electron chi connectivity index (χ0n) is 8.53. The van der Waals surface area contributed by atoms with Gasteiger partial charge in [-0.2, -0.15) is 0 Å². The fourth-order valence-electron chi connectivity index (χ4n) is 1.90. The molecule has 0 bridgehead atoms. The molecule has 1 aromatic rings. The van der Waals surface area contributed by atoms with E-state index in [-0.39, 0.29) is 11.2 Å². The van der Waals surface area contributed by atoms with Gasteiger partial charge >= 0.3 is 5.69 Å². The minimum Gasteiger partial charge on any atom is -0.316 e. The summed E-state index contributed by atoms with van der Waals surface area (Å²) in [5, 5.41) is 3.29. The molecule has 0 spiro atoms. The Hall–Kier alpha value is -1.36. The zero-order chi connectivity index (χ0) is 10.7. The SMILES string of the molecule is O=c1ccn(CCC2CCNC2)c(=O)[nH]1. The molecule has 15 heavy (non-hydrogen) atoms. The van der Waals surface area contributed by atoms with E-state index in [0.29, 0.717) is 12.5 Å². The van der Waals surface area contributed by atoms with Crippen LogP contribution in [0, 0.1) is 5.92 Å². The highest BCUT2D eigenvalue weighted by Crippen LogP contribution is 2.12. The Bertz CT molecular complexity index is 429. The molecule has 2 heterocycles. The van der Waals surface area contributed by atoms with Crippen LogP contribution in [-0.2, 0) is 6.54 Å². The molecule has 2 rings (SSSR count). The molecule has 1 aliphatic rings. The first kappa shape index (κ1) is 10.2. The van der Waals surface area contributed by atoms with Crippen LogP contribution in [0.5, 0.6) is 0 Å². The second-order valence-electron chi connectivity index (χ2n) is 3.95. The number of aryl methyl sites for hydroxylation is 1. The summed E-state index contributed by atoms with van der Waals surface area (Å²) in [5.41, 5.74) is -0.646. The molecule has 0 radical (unpaired) electrons. The molecule has 1 atom stereocenters. The van der Waals surface area contributed by atoms with E-state index in [0.717, 1.165) is 19.5 Å². The van der Waals surface area contributed by atoms with Gasteiger partial charge in [-0.1, -0.05) is 0 Å². The minimum atomic E-state index is -0.334. The van der Waals surface area contributed by atoms with Gasteiger partial charge in [0.2, 0.25) is 0 Å². The van der Waals surface area contributed by atoms with E-state index >= 15 is 0 Å². The Labute approximate surface area is 87.1 Å². The molecule has 1 fully saturated rings. The van der Waals surface area contributed by atoms with Crippen LogP contribution >= 0.6 is 0 Å². The molecule has 0 aromatic carbocycles. The second-order valence-corrected chi connectivity index (χ2v) is 3.95. The average Bonchev–Trinajstić information content (AvgIpc) is 2.69. The Morgan fingerprint density at radius 2 is 2.33 bits per heavy atom. The van der Waals surface area contributed by atoms with Crippen molar-refractivity contribution in [3.8, 4) is 0 Å². The summed E-state index contributed by atoms with van der Waals surface area (Å²) in [6.07, 6.45) is 3.72. The van der Waals surface area contributed by atoms with Gasteiger partial charge < -0.3 is 9.88 Å². The third kappa shape index (κ3) is 2.56. The van der Waals surface area contributed by atoms with E-state index < -0.39 is 0 Å². The molecule has 1 aliphatic heterocycles. The lowest BCUT2D eigenvalue weighted by Crippen LogP contribution is -2.29. The molecule has 1 unspecified atom stereocenters. The number of nitrogens with zero attached hydrogens (tertiary/aromatic N) is 1. The van der Waals surface area contributed by atoms with Crippen LogP contribution in [-0.4, -0.2) is 22.6 Å². The number of nitrogens with one attached hydrogen (secondary N) is 2. The summed E-state index contributed by atoms with van der Waals surface area (Å²) in [6, 6.07) is 1.38. The molecule has 2 N–H and O–H groups in total. The lowest BCUT2D eigenvalue weighted by molar-refractivity contribution is 0.469. The Morgan fingerprint density at radius 3 is 3.00 bits per heavy atom. The maximum absolute atomic E-state index is 11.3. The predicted molar refractivity (Wildman–Crippen MR) is 56.9 cm³/mol. The van der Waals surface area contributed by atoms with Crippen molar-refractivity contribution in [1.29, 1.82) is 0 Å². The van der Waals surface area contributed by atoms with Crippen LogP contribution in [0.3, 0.4) is 0 Å². The van der Waals surface area contributed by atoms with Crippen molar-refractivity contribution >= 4 is 0 Å².